The Hall–Kier alpha value is -3.46. The van der Waals surface area contributed by atoms with Crippen LogP contribution in [0.2, 0.25) is 0 Å². The number of aromatic nitrogens is 1. The van der Waals surface area contributed by atoms with Crippen LogP contribution in [0, 0.1) is 11.8 Å². The van der Waals surface area contributed by atoms with Crippen molar-refractivity contribution < 1.29 is 9.90 Å². The van der Waals surface area contributed by atoms with E-state index in [0.717, 1.165) is 42.8 Å². The van der Waals surface area contributed by atoms with E-state index < -0.39 is 0 Å². The Kier molecular flexibility index (Phi) is 7.23. The van der Waals surface area contributed by atoms with Crippen LogP contribution in [0.5, 0.6) is 0 Å². The molecule has 2 fully saturated rings. The second kappa shape index (κ2) is 10.9. The molecule has 5 nitrogen and oxygen atoms in total. The maximum atomic E-state index is 13.1. The van der Waals surface area contributed by atoms with E-state index in [9.17, 15) is 9.90 Å². The minimum Gasteiger partial charge on any atom is -0.395 e. The normalized spacial score (nSPS) is 22.1. The number of aliphatic hydroxyl groups excluding tert-OH is 1. The summed E-state index contributed by atoms with van der Waals surface area (Å²) in [5.41, 5.74) is 3.98. The van der Waals surface area contributed by atoms with Gasteiger partial charge in [0.1, 0.15) is 0 Å². The minimum atomic E-state index is 0.0899. The van der Waals surface area contributed by atoms with Gasteiger partial charge in [0.25, 0.3) is 0 Å². The van der Waals surface area contributed by atoms with Crippen LogP contribution in [-0.4, -0.2) is 64.1 Å². The van der Waals surface area contributed by atoms with Gasteiger partial charge in [-0.2, -0.15) is 0 Å². The zero-order valence-corrected chi connectivity index (χ0v) is 19.9. The third-order valence-corrected chi connectivity index (χ3v) is 7.20. The number of benzene rings is 2. The highest BCUT2D eigenvalue weighted by Crippen LogP contribution is 2.42. The molecule has 0 unspecified atom stereocenters. The van der Waals surface area contributed by atoms with Crippen molar-refractivity contribution in [3.63, 3.8) is 0 Å². The second-order valence-electron chi connectivity index (χ2n) is 9.36. The molecule has 2 saturated heterocycles. The van der Waals surface area contributed by atoms with E-state index in [1.165, 1.54) is 5.56 Å². The fraction of sp³-hybridized carbons (Fsp3) is 0.333. The average molecular weight is 466 g/mol. The Balaban J connectivity index is 1.32. The number of nitrogens with zero attached hydrogens (tertiary/aromatic N) is 3. The molecule has 2 aliphatic rings. The molecule has 3 atom stereocenters. The molecule has 1 N–H and O–H groups in total. The van der Waals surface area contributed by atoms with Gasteiger partial charge < -0.3 is 10.0 Å². The number of carbonyl (C=O) groups excluding carboxylic acids is 1. The summed E-state index contributed by atoms with van der Waals surface area (Å²) >= 11 is 0. The summed E-state index contributed by atoms with van der Waals surface area (Å²) in [5, 5.41) is 10.2. The molecule has 3 aromatic rings. The lowest BCUT2D eigenvalue weighted by Crippen LogP contribution is -2.68. The van der Waals surface area contributed by atoms with Crippen LogP contribution in [0.1, 0.15) is 41.1 Å². The lowest BCUT2D eigenvalue weighted by molar-refractivity contribution is -0.135. The van der Waals surface area contributed by atoms with Gasteiger partial charge >= 0.3 is 0 Å². The quantitative estimate of drug-likeness (QED) is 0.600. The molecule has 5 rings (SSSR count). The van der Waals surface area contributed by atoms with Crippen molar-refractivity contribution in [2.45, 2.75) is 37.3 Å². The molecule has 0 spiro atoms. The van der Waals surface area contributed by atoms with Crippen LogP contribution in [0.4, 0.5) is 0 Å². The van der Waals surface area contributed by atoms with E-state index >= 15 is 0 Å². The molecular weight excluding hydrogens is 434 g/mol. The van der Waals surface area contributed by atoms with E-state index in [2.05, 4.69) is 46.0 Å². The van der Waals surface area contributed by atoms with Crippen molar-refractivity contribution >= 4 is 5.91 Å². The molecule has 5 heteroatoms. The van der Waals surface area contributed by atoms with Gasteiger partial charge in [-0.25, -0.2) is 0 Å². The van der Waals surface area contributed by atoms with E-state index in [4.69, 9.17) is 0 Å². The molecule has 0 bridgehead atoms. The van der Waals surface area contributed by atoms with Crippen molar-refractivity contribution in [3.05, 3.63) is 101 Å². The number of hydrogen-bond acceptors (Lipinski definition) is 4. The summed E-state index contributed by atoms with van der Waals surface area (Å²) in [5.74, 6) is 6.77. The van der Waals surface area contributed by atoms with Crippen LogP contribution >= 0.6 is 0 Å². The van der Waals surface area contributed by atoms with E-state index in [1.807, 2.05) is 53.4 Å². The van der Waals surface area contributed by atoms with Crippen LogP contribution in [-0.2, 0) is 11.2 Å². The summed E-state index contributed by atoms with van der Waals surface area (Å²) in [7, 11) is 0. The number of carbonyl (C=O) groups is 1. The number of hydrogen-bond donors (Lipinski definition) is 1. The number of fused-ring (bicyclic) bond motifs is 1. The summed E-state index contributed by atoms with van der Waals surface area (Å²) < 4.78 is 0. The number of amides is 1. The predicted molar refractivity (Wildman–Crippen MR) is 137 cm³/mol. The van der Waals surface area contributed by atoms with Crippen LogP contribution < -0.4 is 0 Å². The monoisotopic (exact) mass is 465 g/mol. The standard InChI is InChI=1S/C30H31N3O2/c34-22-28-30(25-15-13-24(14-16-25)12-11-23-8-2-1-3-9-23)27-21-32(18-6-7-19-33(27)28)29(35)20-26-10-4-5-17-31-26/h1-5,8-10,13-17,27-28,30,34H,6-7,18-22H2/t27-,28-,30+/m1/s1. The Bertz CT molecular complexity index is 1190. The highest BCUT2D eigenvalue weighted by atomic mass is 16.3. The van der Waals surface area contributed by atoms with Crippen molar-refractivity contribution in [2.24, 2.45) is 0 Å². The van der Waals surface area contributed by atoms with Gasteiger partial charge in [0, 0.05) is 54.1 Å². The third-order valence-electron chi connectivity index (χ3n) is 7.20. The van der Waals surface area contributed by atoms with Gasteiger partial charge in [0.2, 0.25) is 5.91 Å². The first-order valence-electron chi connectivity index (χ1n) is 12.4. The first-order valence-corrected chi connectivity index (χ1v) is 12.4. The average Bonchev–Trinajstić information content (AvgIpc) is 2.88. The Morgan fingerprint density at radius 1 is 0.914 bits per heavy atom. The molecule has 0 saturated carbocycles. The van der Waals surface area contributed by atoms with Gasteiger partial charge in [0.05, 0.1) is 13.0 Å². The topological polar surface area (TPSA) is 56.7 Å². The van der Waals surface area contributed by atoms with Crippen molar-refractivity contribution in [1.29, 1.82) is 0 Å². The summed E-state index contributed by atoms with van der Waals surface area (Å²) in [4.78, 5) is 21.9. The fourth-order valence-electron chi connectivity index (χ4n) is 5.39. The molecular formula is C30H31N3O2. The molecule has 2 aliphatic heterocycles. The molecule has 1 amide bonds. The smallest absolute Gasteiger partial charge is 0.228 e. The highest BCUT2D eigenvalue weighted by molar-refractivity contribution is 5.78. The molecule has 3 heterocycles. The summed E-state index contributed by atoms with van der Waals surface area (Å²) in [6.07, 6.45) is 4.08. The van der Waals surface area contributed by atoms with Crippen molar-refractivity contribution in [1.82, 2.24) is 14.8 Å². The highest BCUT2D eigenvalue weighted by Gasteiger charge is 2.49. The Morgan fingerprint density at radius 3 is 2.34 bits per heavy atom. The Morgan fingerprint density at radius 2 is 1.63 bits per heavy atom. The molecule has 178 valence electrons. The molecule has 1 aromatic heterocycles. The first kappa shape index (κ1) is 23.3. The van der Waals surface area contributed by atoms with E-state index in [0.29, 0.717) is 13.0 Å². The van der Waals surface area contributed by atoms with Gasteiger partial charge in [-0.1, -0.05) is 48.2 Å². The fourth-order valence-corrected chi connectivity index (χ4v) is 5.39. The van der Waals surface area contributed by atoms with E-state index in [-0.39, 0.29) is 30.5 Å². The largest absolute Gasteiger partial charge is 0.395 e. The zero-order valence-electron chi connectivity index (χ0n) is 19.9. The number of pyridine rings is 1. The second-order valence-corrected chi connectivity index (χ2v) is 9.36. The van der Waals surface area contributed by atoms with Gasteiger partial charge in [-0.3, -0.25) is 14.7 Å². The predicted octanol–water partition coefficient (Wildman–Crippen LogP) is 3.48. The van der Waals surface area contributed by atoms with Gasteiger partial charge in [-0.05, 0) is 61.3 Å². The number of rotatable bonds is 4. The van der Waals surface area contributed by atoms with E-state index in [1.54, 1.807) is 6.20 Å². The lowest BCUT2D eigenvalue weighted by atomic mass is 9.74. The molecule has 2 aromatic carbocycles. The zero-order chi connectivity index (χ0) is 24.0. The lowest BCUT2D eigenvalue weighted by Gasteiger charge is -2.57. The van der Waals surface area contributed by atoms with Crippen LogP contribution in [0.15, 0.2) is 79.0 Å². The maximum Gasteiger partial charge on any atom is 0.228 e. The third kappa shape index (κ3) is 5.30. The van der Waals surface area contributed by atoms with Crippen LogP contribution in [0.3, 0.4) is 0 Å². The van der Waals surface area contributed by atoms with Crippen LogP contribution in [0.25, 0.3) is 0 Å². The Labute approximate surface area is 207 Å². The van der Waals surface area contributed by atoms with Gasteiger partial charge in [-0.15, -0.1) is 0 Å². The summed E-state index contributed by atoms with van der Waals surface area (Å²) in [6, 6.07) is 24.4. The molecule has 35 heavy (non-hydrogen) atoms. The molecule has 0 radical (unpaired) electrons. The SMILES string of the molecule is O=C(Cc1ccccn1)N1CCCCN2[C@H](CO)[C@@H](c3ccc(C#Cc4ccccc4)cc3)[C@H]2C1. The summed E-state index contributed by atoms with van der Waals surface area (Å²) in [6.45, 7) is 2.55. The minimum absolute atomic E-state index is 0.0899. The first-order chi connectivity index (χ1) is 17.2. The van der Waals surface area contributed by atoms with Gasteiger partial charge in [0.15, 0.2) is 0 Å². The van der Waals surface area contributed by atoms with Crippen molar-refractivity contribution in [3.8, 4) is 11.8 Å². The maximum absolute atomic E-state index is 13.1. The number of aliphatic hydroxyl groups is 1. The van der Waals surface area contributed by atoms with Crippen molar-refractivity contribution in [2.75, 3.05) is 26.2 Å². The molecule has 0 aliphatic carbocycles.